The molecule has 3 saturated heterocycles. The van der Waals surface area contributed by atoms with Crippen molar-refractivity contribution in [2.75, 3.05) is 19.8 Å². The van der Waals surface area contributed by atoms with Crippen LogP contribution in [0, 0.1) is 0 Å². The number of hydrogen-bond donors (Lipinski definition) is 10. The van der Waals surface area contributed by atoms with E-state index in [0.717, 1.165) is 0 Å². The summed E-state index contributed by atoms with van der Waals surface area (Å²) in [4.78, 5) is 11.6. The minimum atomic E-state index is -1.85. The molecule has 0 aromatic rings. The van der Waals surface area contributed by atoms with Crippen molar-refractivity contribution in [1.82, 2.24) is 5.32 Å². The van der Waals surface area contributed by atoms with E-state index in [0.29, 0.717) is 0 Å². The second-order valence-corrected chi connectivity index (χ2v) is 9.38. The normalized spacial score (nSPS) is 49.0. The Morgan fingerprint density at radius 3 is 1.73 bits per heavy atom. The number of amides is 1. The first-order chi connectivity index (χ1) is 17.4. The molecule has 3 aliphatic rings. The van der Waals surface area contributed by atoms with Gasteiger partial charge in [-0.25, -0.2) is 0 Å². The van der Waals surface area contributed by atoms with Crippen molar-refractivity contribution in [2.45, 2.75) is 106 Å². The third-order valence-electron chi connectivity index (χ3n) is 6.77. The molecule has 1 amide bonds. The number of aliphatic hydroxyl groups excluding tert-OH is 9. The third kappa shape index (κ3) is 6.39. The van der Waals surface area contributed by atoms with Crippen LogP contribution in [0.5, 0.6) is 0 Å². The Labute approximate surface area is 211 Å². The van der Waals surface area contributed by atoms with Crippen LogP contribution in [0.3, 0.4) is 0 Å². The zero-order valence-corrected chi connectivity index (χ0v) is 20.3. The fourth-order valence-corrected chi connectivity index (χ4v) is 4.71. The van der Waals surface area contributed by atoms with E-state index in [9.17, 15) is 50.8 Å². The number of hydrogen-bond acceptors (Lipinski definition) is 15. The van der Waals surface area contributed by atoms with Gasteiger partial charge in [-0.2, -0.15) is 0 Å². The molecule has 3 heterocycles. The summed E-state index contributed by atoms with van der Waals surface area (Å²) in [5.74, 6) is -0.467. The highest BCUT2D eigenvalue weighted by atomic mass is 16.7. The maximum atomic E-state index is 11.6. The molecule has 0 saturated carbocycles. The monoisotopic (exact) mass is 543 g/mol. The van der Waals surface area contributed by atoms with Crippen LogP contribution in [0.15, 0.2) is 0 Å². The Kier molecular flexibility index (Phi) is 10.6. The zero-order chi connectivity index (χ0) is 27.6. The first-order valence-corrected chi connectivity index (χ1v) is 11.9. The Balaban J connectivity index is 1.80. The van der Waals surface area contributed by atoms with Crippen molar-refractivity contribution < 1.29 is 74.4 Å². The number of aliphatic hydroxyl groups is 9. The molecule has 1 unspecified atom stereocenters. The van der Waals surface area contributed by atoms with Crippen LogP contribution in [-0.4, -0.2) is 164 Å². The van der Waals surface area contributed by atoms with Crippen molar-refractivity contribution in [1.29, 1.82) is 0 Å². The molecule has 0 bridgehead atoms. The van der Waals surface area contributed by atoms with Crippen LogP contribution in [0.1, 0.15) is 13.8 Å². The third-order valence-corrected chi connectivity index (χ3v) is 6.77. The largest absolute Gasteiger partial charge is 0.394 e. The van der Waals surface area contributed by atoms with Gasteiger partial charge >= 0.3 is 0 Å². The highest BCUT2D eigenvalue weighted by Gasteiger charge is 2.53. The first kappa shape index (κ1) is 30.5. The molecule has 0 aliphatic carbocycles. The fourth-order valence-electron chi connectivity index (χ4n) is 4.71. The molecule has 216 valence electrons. The van der Waals surface area contributed by atoms with Crippen LogP contribution < -0.4 is 5.32 Å². The minimum Gasteiger partial charge on any atom is -0.394 e. The number of rotatable bonds is 8. The van der Waals surface area contributed by atoms with Gasteiger partial charge in [0.2, 0.25) is 5.91 Å². The van der Waals surface area contributed by atoms with Gasteiger partial charge in [0.05, 0.1) is 32.0 Å². The van der Waals surface area contributed by atoms with Gasteiger partial charge in [-0.1, -0.05) is 0 Å². The summed E-state index contributed by atoms with van der Waals surface area (Å²) in [6.07, 6.45) is -21.3. The summed E-state index contributed by atoms with van der Waals surface area (Å²) in [6, 6.07) is -0.952. The van der Waals surface area contributed by atoms with Gasteiger partial charge < -0.3 is 75.0 Å². The first-order valence-electron chi connectivity index (χ1n) is 11.9. The lowest BCUT2D eigenvalue weighted by Crippen LogP contribution is -2.67. The van der Waals surface area contributed by atoms with Crippen molar-refractivity contribution in [3.8, 4) is 0 Å². The Hall–Kier alpha value is -1.09. The van der Waals surface area contributed by atoms with Crippen LogP contribution in [0.2, 0.25) is 0 Å². The van der Waals surface area contributed by atoms with E-state index in [4.69, 9.17) is 23.7 Å². The maximum absolute atomic E-state index is 11.6. The highest BCUT2D eigenvalue weighted by Crippen LogP contribution is 2.32. The number of ether oxygens (including phenoxy) is 5. The number of nitrogens with one attached hydrogen (secondary N) is 1. The molecule has 15 atom stereocenters. The summed E-state index contributed by atoms with van der Waals surface area (Å²) in [7, 11) is 0. The quantitative estimate of drug-likeness (QED) is 0.137. The standard InChI is InChI=1S/C21H37NO15/c1-6-11(22-7(2)26)14(29)18(10(5-25)33-6)36-21-17(32)19(13(28)9(4-24)35-21)37-20-16(31)15(30)12(27)8(3-23)34-20/h6,8-21,23-25,27-32H,3-5H2,1-2H3,(H,22,26)/t6?,8-,9-,10-,11+,12+,13+,14-,15+,16-,17-,18-,19+,20-,21+/m1/s1. The Morgan fingerprint density at radius 1 is 0.676 bits per heavy atom. The molecule has 16 nitrogen and oxygen atoms in total. The number of carbonyl (C=O) groups excluding carboxylic acids is 1. The average Bonchev–Trinajstić information content (AvgIpc) is 2.86. The van der Waals surface area contributed by atoms with Gasteiger partial charge in [0.25, 0.3) is 0 Å². The van der Waals surface area contributed by atoms with Gasteiger partial charge in [0, 0.05) is 6.92 Å². The van der Waals surface area contributed by atoms with E-state index in [2.05, 4.69) is 5.32 Å². The lowest BCUT2D eigenvalue weighted by atomic mass is 9.92. The predicted octanol–water partition coefficient (Wildman–Crippen LogP) is -6.36. The lowest BCUT2D eigenvalue weighted by molar-refractivity contribution is -0.371. The summed E-state index contributed by atoms with van der Waals surface area (Å²) < 4.78 is 27.6. The van der Waals surface area contributed by atoms with E-state index in [1.807, 2.05) is 0 Å². The Bertz CT molecular complexity index is 745. The van der Waals surface area contributed by atoms with Gasteiger partial charge in [0.15, 0.2) is 12.6 Å². The smallest absolute Gasteiger partial charge is 0.217 e. The maximum Gasteiger partial charge on any atom is 0.217 e. The summed E-state index contributed by atoms with van der Waals surface area (Å²) in [5, 5.41) is 94.1. The van der Waals surface area contributed by atoms with Gasteiger partial charge in [0.1, 0.15) is 67.1 Å². The highest BCUT2D eigenvalue weighted by molar-refractivity contribution is 5.73. The van der Waals surface area contributed by atoms with Crippen molar-refractivity contribution in [3.05, 3.63) is 0 Å². The topological polar surface area (TPSA) is 257 Å². The van der Waals surface area contributed by atoms with E-state index in [1.54, 1.807) is 6.92 Å². The number of carbonyl (C=O) groups is 1. The van der Waals surface area contributed by atoms with Crippen LogP contribution >= 0.6 is 0 Å². The lowest BCUT2D eigenvalue weighted by Gasteiger charge is -2.48. The molecule has 3 aliphatic heterocycles. The second-order valence-electron chi connectivity index (χ2n) is 9.38. The van der Waals surface area contributed by atoms with Crippen molar-refractivity contribution >= 4 is 5.91 Å². The van der Waals surface area contributed by atoms with Crippen LogP contribution in [-0.2, 0) is 28.5 Å². The predicted molar refractivity (Wildman–Crippen MR) is 116 cm³/mol. The molecule has 3 fully saturated rings. The van der Waals surface area contributed by atoms with E-state index in [-0.39, 0.29) is 0 Å². The molecule has 0 aromatic carbocycles. The fraction of sp³-hybridized carbons (Fsp3) is 0.952. The van der Waals surface area contributed by atoms with E-state index in [1.165, 1.54) is 6.92 Å². The molecule has 0 aromatic heterocycles. The van der Waals surface area contributed by atoms with Crippen molar-refractivity contribution in [2.24, 2.45) is 0 Å². The summed E-state index contributed by atoms with van der Waals surface area (Å²) in [5.41, 5.74) is 0. The molecule has 0 spiro atoms. The van der Waals surface area contributed by atoms with E-state index >= 15 is 0 Å². The SMILES string of the molecule is CC(=O)N[C@H]1C(C)O[C@H](CO)[C@@H](O[C@@H]2O[C@H](CO)[C@H](O)[C@H](O[C@H]3O[C@H](CO)[C@H](O)[C@H](O)[C@H]3O)[C@H]2O)[C@@H]1O. The second kappa shape index (κ2) is 12.8. The van der Waals surface area contributed by atoms with Gasteiger partial charge in [-0.3, -0.25) is 4.79 Å². The molecular formula is C21H37NO15. The molecular weight excluding hydrogens is 506 g/mol. The molecule has 10 N–H and O–H groups in total. The van der Waals surface area contributed by atoms with Gasteiger partial charge in [-0.05, 0) is 6.92 Å². The molecule has 37 heavy (non-hydrogen) atoms. The van der Waals surface area contributed by atoms with Gasteiger partial charge in [-0.15, -0.1) is 0 Å². The van der Waals surface area contributed by atoms with E-state index < -0.39 is 118 Å². The van der Waals surface area contributed by atoms with Crippen LogP contribution in [0.4, 0.5) is 0 Å². The molecule has 0 radical (unpaired) electrons. The summed E-state index contributed by atoms with van der Waals surface area (Å²) >= 11 is 0. The molecule has 3 rings (SSSR count). The van der Waals surface area contributed by atoms with Crippen LogP contribution in [0.25, 0.3) is 0 Å². The summed E-state index contributed by atoms with van der Waals surface area (Å²) in [6.45, 7) is 0.664. The average molecular weight is 544 g/mol. The Morgan fingerprint density at radius 2 is 1.19 bits per heavy atom. The minimum absolute atomic E-state index is 0.467. The van der Waals surface area contributed by atoms with Crippen molar-refractivity contribution in [3.63, 3.8) is 0 Å². The zero-order valence-electron chi connectivity index (χ0n) is 20.3. The molecule has 16 heteroatoms.